The molecule has 4 aromatic rings. The van der Waals surface area contributed by atoms with E-state index in [0.29, 0.717) is 27.5 Å². The summed E-state index contributed by atoms with van der Waals surface area (Å²) in [5.41, 5.74) is 1.97. The quantitative estimate of drug-likeness (QED) is 0.485. The molecule has 2 aromatic carbocycles. The van der Waals surface area contributed by atoms with E-state index in [1.165, 1.54) is 15.9 Å². The second-order valence-electron chi connectivity index (χ2n) is 6.70. The zero-order valence-electron chi connectivity index (χ0n) is 15.6. The average Bonchev–Trinajstić information content (AvgIpc) is 3.11. The molecule has 0 aliphatic carbocycles. The molecule has 0 unspecified atom stereocenters. The Hall–Kier alpha value is -2.63. The van der Waals surface area contributed by atoms with Crippen LogP contribution in [0, 0.1) is 6.92 Å². The summed E-state index contributed by atoms with van der Waals surface area (Å²) in [6.07, 6.45) is 0.814. The van der Waals surface area contributed by atoms with Crippen molar-refractivity contribution in [3.8, 4) is 5.69 Å². The first-order chi connectivity index (χ1) is 13.5. The molecule has 0 fully saturated rings. The number of hydrogen-bond acceptors (Lipinski definition) is 3. The maximum atomic E-state index is 13.4. The van der Waals surface area contributed by atoms with Gasteiger partial charge in [-0.3, -0.25) is 9.36 Å². The van der Waals surface area contributed by atoms with Gasteiger partial charge in [0.25, 0.3) is 5.56 Å². The number of halogens is 1. The van der Waals surface area contributed by atoms with Crippen LogP contribution in [-0.2, 0) is 13.0 Å². The Labute approximate surface area is 171 Å². The molecule has 142 valence electrons. The van der Waals surface area contributed by atoms with Crippen LogP contribution in [0.25, 0.3) is 15.9 Å². The van der Waals surface area contributed by atoms with E-state index in [4.69, 9.17) is 11.6 Å². The third kappa shape index (κ3) is 3.21. The summed E-state index contributed by atoms with van der Waals surface area (Å²) in [5.74, 6) is 0. The lowest BCUT2D eigenvalue weighted by atomic mass is 10.1. The molecule has 0 bridgehead atoms. The van der Waals surface area contributed by atoms with E-state index in [1.807, 2.05) is 44.2 Å². The molecule has 0 aliphatic rings. The molecule has 2 aromatic heterocycles. The number of hydrogen-bond donors (Lipinski definition) is 0. The van der Waals surface area contributed by atoms with Crippen LogP contribution in [0.1, 0.15) is 22.9 Å². The summed E-state index contributed by atoms with van der Waals surface area (Å²) in [4.78, 5) is 28.4. The van der Waals surface area contributed by atoms with Gasteiger partial charge in [-0.25, -0.2) is 9.36 Å². The van der Waals surface area contributed by atoms with Crippen molar-refractivity contribution in [2.75, 3.05) is 0 Å². The van der Waals surface area contributed by atoms with E-state index in [-0.39, 0.29) is 11.2 Å². The molecule has 4 nitrogen and oxygen atoms in total. The minimum absolute atomic E-state index is 0.306. The number of aromatic nitrogens is 2. The highest BCUT2D eigenvalue weighted by molar-refractivity contribution is 7.18. The van der Waals surface area contributed by atoms with Gasteiger partial charge in [0.15, 0.2) is 0 Å². The summed E-state index contributed by atoms with van der Waals surface area (Å²) in [6.45, 7) is 4.48. The molecule has 0 amide bonds. The van der Waals surface area contributed by atoms with Gasteiger partial charge in [-0.05, 0) is 48.7 Å². The summed E-state index contributed by atoms with van der Waals surface area (Å²) < 4.78 is 2.92. The normalized spacial score (nSPS) is 11.2. The lowest BCUT2D eigenvalue weighted by Gasteiger charge is -2.13. The zero-order chi connectivity index (χ0) is 19.8. The summed E-state index contributed by atoms with van der Waals surface area (Å²) in [7, 11) is 0. The van der Waals surface area contributed by atoms with Gasteiger partial charge >= 0.3 is 5.69 Å². The average molecular weight is 411 g/mol. The minimum atomic E-state index is -0.354. The molecule has 4 rings (SSSR count). The lowest BCUT2D eigenvalue weighted by Crippen LogP contribution is -2.38. The van der Waals surface area contributed by atoms with Gasteiger partial charge in [-0.15, -0.1) is 11.3 Å². The second-order valence-corrected chi connectivity index (χ2v) is 8.25. The minimum Gasteiger partial charge on any atom is -0.279 e. The molecule has 28 heavy (non-hydrogen) atoms. The maximum absolute atomic E-state index is 13.4. The van der Waals surface area contributed by atoms with E-state index in [1.54, 1.807) is 28.8 Å². The van der Waals surface area contributed by atoms with Crippen molar-refractivity contribution in [2.24, 2.45) is 0 Å². The van der Waals surface area contributed by atoms with E-state index >= 15 is 0 Å². The Morgan fingerprint density at radius 3 is 2.54 bits per heavy atom. The Morgan fingerprint density at radius 1 is 1.04 bits per heavy atom. The van der Waals surface area contributed by atoms with Crippen LogP contribution >= 0.6 is 22.9 Å². The van der Waals surface area contributed by atoms with Crippen molar-refractivity contribution < 1.29 is 0 Å². The standard InChI is InChI=1S/C22H19ClN2O2S/c1-3-18-12-19-20(26)25(17-10-6-9-16(23)11-17)22(27)24(21(19)28-18)13-15-8-5-4-7-14(15)2/h4-12H,3,13H2,1-2H3. The number of nitrogens with zero attached hydrogens (tertiary/aromatic N) is 2. The van der Waals surface area contributed by atoms with Crippen LogP contribution in [0.2, 0.25) is 5.02 Å². The highest BCUT2D eigenvalue weighted by Crippen LogP contribution is 2.24. The van der Waals surface area contributed by atoms with Crippen molar-refractivity contribution in [1.82, 2.24) is 9.13 Å². The van der Waals surface area contributed by atoms with Crippen molar-refractivity contribution >= 4 is 33.2 Å². The van der Waals surface area contributed by atoms with Crippen LogP contribution < -0.4 is 11.2 Å². The number of thiophene rings is 1. The number of benzene rings is 2. The van der Waals surface area contributed by atoms with Crippen LogP contribution in [-0.4, -0.2) is 9.13 Å². The Balaban J connectivity index is 2.05. The number of fused-ring (bicyclic) bond motifs is 1. The summed E-state index contributed by atoms with van der Waals surface area (Å²) in [6, 6.07) is 16.7. The topological polar surface area (TPSA) is 44.0 Å². The third-order valence-corrected chi connectivity index (χ3v) is 6.41. The number of rotatable bonds is 4. The van der Waals surface area contributed by atoms with Crippen LogP contribution in [0.15, 0.2) is 64.2 Å². The van der Waals surface area contributed by atoms with Gasteiger partial charge in [-0.1, -0.05) is 48.9 Å². The maximum Gasteiger partial charge on any atom is 0.337 e. The lowest BCUT2D eigenvalue weighted by molar-refractivity contribution is 0.717. The fourth-order valence-electron chi connectivity index (χ4n) is 3.31. The van der Waals surface area contributed by atoms with E-state index in [9.17, 15) is 9.59 Å². The Morgan fingerprint density at radius 2 is 1.82 bits per heavy atom. The molecule has 0 saturated heterocycles. The van der Waals surface area contributed by atoms with Gasteiger partial charge in [-0.2, -0.15) is 0 Å². The molecule has 0 aliphatic heterocycles. The first-order valence-corrected chi connectivity index (χ1v) is 10.3. The SMILES string of the molecule is CCc1cc2c(=O)n(-c3cccc(Cl)c3)c(=O)n(Cc3ccccc3C)c2s1. The predicted octanol–water partition coefficient (Wildman–Crippen LogP) is 4.79. The molecular formula is C22H19ClN2O2S. The molecule has 0 spiro atoms. The largest absolute Gasteiger partial charge is 0.337 e. The highest BCUT2D eigenvalue weighted by Gasteiger charge is 2.18. The van der Waals surface area contributed by atoms with Crippen molar-refractivity contribution in [1.29, 1.82) is 0 Å². The van der Waals surface area contributed by atoms with E-state index in [2.05, 4.69) is 0 Å². The zero-order valence-corrected chi connectivity index (χ0v) is 17.2. The Bertz CT molecular complexity index is 1300. The van der Waals surface area contributed by atoms with Crippen LogP contribution in [0.5, 0.6) is 0 Å². The van der Waals surface area contributed by atoms with Gasteiger partial charge in [0, 0.05) is 9.90 Å². The number of aryl methyl sites for hydroxylation is 2. The molecular weight excluding hydrogens is 392 g/mol. The molecule has 0 saturated carbocycles. The molecule has 2 heterocycles. The fourth-order valence-corrected chi connectivity index (χ4v) is 4.58. The van der Waals surface area contributed by atoms with E-state index in [0.717, 1.165) is 22.4 Å². The fraction of sp³-hybridized carbons (Fsp3) is 0.182. The third-order valence-electron chi connectivity index (χ3n) is 4.87. The molecule has 0 atom stereocenters. The first-order valence-electron chi connectivity index (χ1n) is 9.08. The van der Waals surface area contributed by atoms with Crippen LogP contribution in [0.4, 0.5) is 0 Å². The predicted molar refractivity (Wildman–Crippen MR) is 116 cm³/mol. The molecule has 0 N–H and O–H groups in total. The molecule has 6 heteroatoms. The van der Waals surface area contributed by atoms with Crippen LogP contribution in [0.3, 0.4) is 0 Å². The second kappa shape index (κ2) is 7.41. The van der Waals surface area contributed by atoms with Gasteiger partial charge in [0.1, 0.15) is 4.83 Å². The van der Waals surface area contributed by atoms with Gasteiger partial charge < -0.3 is 0 Å². The summed E-state index contributed by atoms with van der Waals surface area (Å²) in [5, 5.41) is 1.05. The first kappa shape index (κ1) is 18.7. The molecule has 0 radical (unpaired) electrons. The van der Waals surface area contributed by atoms with Crippen molar-refractivity contribution in [2.45, 2.75) is 26.8 Å². The monoisotopic (exact) mass is 410 g/mol. The Kier molecular flexibility index (Phi) is 4.96. The van der Waals surface area contributed by atoms with Gasteiger partial charge in [0.2, 0.25) is 0 Å². The highest BCUT2D eigenvalue weighted by atomic mass is 35.5. The summed E-state index contributed by atoms with van der Waals surface area (Å²) >= 11 is 7.62. The van der Waals surface area contributed by atoms with Gasteiger partial charge in [0.05, 0.1) is 17.6 Å². The van der Waals surface area contributed by atoms with E-state index < -0.39 is 0 Å². The van der Waals surface area contributed by atoms with Crippen molar-refractivity contribution in [3.05, 3.63) is 96.5 Å². The smallest absolute Gasteiger partial charge is 0.279 e. The van der Waals surface area contributed by atoms with Crippen molar-refractivity contribution in [3.63, 3.8) is 0 Å².